The molecule has 0 aliphatic rings. The van der Waals surface area contributed by atoms with Crippen molar-refractivity contribution < 1.29 is 13.9 Å². The van der Waals surface area contributed by atoms with Gasteiger partial charge >= 0.3 is 0 Å². The second-order valence-corrected chi connectivity index (χ2v) is 7.39. The molecular formula is C22H31FN2O2. The van der Waals surface area contributed by atoms with E-state index in [4.69, 9.17) is 19.4 Å². The van der Waals surface area contributed by atoms with E-state index in [2.05, 4.69) is 27.7 Å². The van der Waals surface area contributed by atoms with Gasteiger partial charge in [-0.05, 0) is 36.8 Å². The topological polar surface area (TPSA) is 44.2 Å². The first kappa shape index (κ1) is 21.1. The molecule has 0 bridgehead atoms. The van der Waals surface area contributed by atoms with Crippen LogP contribution in [0.2, 0.25) is 0 Å². The highest BCUT2D eigenvalue weighted by molar-refractivity contribution is 5.69. The van der Waals surface area contributed by atoms with Crippen molar-refractivity contribution in [2.75, 3.05) is 7.11 Å². The molecule has 0 atom stereocenters. The number of aryl methyl sites for hydroxylation is 2. The largest absolute Gasteiger partial charge is 0.496 e. The molecule has 27 heavy (non-hydrogen) atoms. The third-order valence-electron chi connectivity index (χ3n) is 4.65. The van der Waals surface area contributed by atoms with Crippen LogP contribution in [-0.4, -0.2) is 23.2 Å². The number of ether oxygens (including phenoxy) is 2. The summed E-state index contributed by atoms with van der Waals surface area (Å²) in [5, 5.41) is 0. The van der Waals surface area contributed by atoms with E-state index in [9.17, 15) is 4.39 Å². The summed E-state index contributed by atoms with van der Waals surface area (Å²) in [7, 11) is 1.53. The lowest BCUT2D eigenvalue weighted by atomic mass is 9.96. The molecule has 0 spiro atoms. The number of benzene rings is 1. The van der Waals surface area contributed by atoms with Crippen LogP contribution in [-0.2, 0) is 12.8 Å². The highest BCUT2D eigenvalue weighted by Gasteiger charge is 2.24. The van der Waals surface area contributed by atoms with E-state index in [1.165, 1.54) is 19.2 Å². The highest BCUT2D eigenvalue weighted by atomic mass is 19.1. The molecule has 0 N–H and O–H groups in total. The number of rotatable bonds is 8. The van der Waals surface area contributed by atoms with Gasteiger partial charge in [-0.1, -0.05) is 41.5 Å². The molecule has 4 nitrogen and oxygen atoms in total. The van der Waals surface area contributed by atoms with Crippen LogP contribution >= 0.6 is 0 Å². The smallest absolute Gasteiger partial charge is 0.236 e. The SMILES string of the molecule is CCc1nc(-c2ccc(F)cc2OC)c(CC)nc1OC(C(C)C)C(C)C. The minimum Gasteiger partial charge on any atom is -0.496 e. The van der Waals surface area contributed by atoms with Gasteiger partial charge in [-0.25, -0.2) is 14.4 Å². The van der Waals surface area contributed by atoms with Crippen molar-refractivity contribution in [3.8, 4) is 22.9 Å². The second kappa shape index (κ2) is 9.16. The number of halogens is 1. The summed E-state index contributed by atoms with van der Waals surface area (Å²) in [4.78, 5) is 9.66. The number of nitrogens with zero attached hydrogens (tertiary/aromatic N) is 2. The molecule has 5 heteroatoms. The van der Waals surface area contributed by atoms with E-state index < -0.39 is 0 Å². The lowest BCUT2D eigenvalue weighted by Gasteiger charge is -2.27. The van der Waals surface area contributed by atoms with E-state index in [0.717, 1.165) is 22.6 Å². The Hall–Kier alpha value is -2.17. The molecule has 0 radical (unpaired) electrons. The Morgan fingerprint density at radius 1 is 0.963 bits per heavy atom. The molecule has 2 aromatic rings. The first-order chi connectivity index (χ1) is 12.8. The summed E-state index contributed by atoms with van der Waals surface area (Å²) in [6.07, 6.45) is 1.46. The summed E-state index contributed by atoms with van der Waals surface area (Å²) in [5.41, 5.74) is 3.09. The fraction of sp³-hybridized carbons (Fsp3) is 0.545. The average Bonchev–Trinajstić information content (AvgIpc) is 2.64. The van der Waals surface area contributed by atoms with Crippen molar-refractivity contribution >= 4 is 0 Å². The maximum Gasteiger partial charge on any atom is 0.236 e. The van der Waals surface area contributed by atoms with Crippen LogP contribution in [0.15, 0.2) is 18.2 Å². The molecule has 0 aliphatic carbocycles. The van der Waals surface area contributed by atoms with Crippen molar-refractivity contribution in [1.82, 2.24) is 9.97 Å². The highest BCUT2D eigenvalue weighted by Crippen LogP contribution is 2.34. The molecule has 0 fully saturated rings. The van der Waals surface area contributed by atoms with Crippen molar-refractivity contribution in [3.63, 3.8) is 0 Å². The van der Waals surface area contributed by atoms with Gasteiger partial charge in [0.25, 0.3) is 0 Å². The third kappa shape index (κ3) is 4.76. The summed E-state index contributed by atoms with van der Waals surface area (Å²) >= 11 is 0. The zero-order chi connectivity index (χ0) is 20.1. The predicted octanol–water partition coefficient (Wildman–Crippen LogP) is 5.48. The van der Waals surface area contributed by atoms with Crippen LogP contribution in [0.1, 0.15) is 52.9 Å². The van der Waals surface area contributed by atoms with Gasteiger partial charge in [0.05, 0.1) is 18.5 Å². The molecular weight excluding hydrogens is 343 g/mol. The zero-order valence-electron chi connectivity index (χ0n) is 17.5. The molecule has 0 aliphatic heterocycles. The van der Waals surface area contributed by atoms with Crippen LogP contribution < -0.4 is 9.47 Å². The maximum absolute atomic E-state index is 13.6. The maximum atomic E-state index is 13.6. The van der Waals surface area contributed by atoms with Gasteiger partial charge in [0, 0.05) is 11.6 Å². The van der Waals surface area contributed by atoms with Gasteiger partial charge in [-0.3, -0.25) is 0 Å². The van der Waals surface area contributed by atoms with E-state index in [1.54, 1.807) is 6.07 Å². The minimum absolute atomic E-state index is 0.0699. The molecule has 1 heterocycles. The molecule has 1 aromatic heterocycles. The monoisotopic (exact) mass is 374 g/mol. The van der Waals surface area contributed by atoms with Gasteiger partial charge < -0.3 is 9.47 Å². The molecule has 2 rings (SSSR count). The van der Waals surface area contributed by atoms with E-state index in [-0.39, 0.29) is 11.9 Å². The van der Waals surface area contributed by atoms with Crippen molar-refractivity contribution in [1.29, 1.82) is 0 Å². The standard InChI is InChI=1S/C22H31FN2O2/c1-8-17-20(16-11-10-15(23)12-19(16)26-7)24-18(9-2)22(25-17)27-21(13(3)4)14(5)6/h10-14,21H,8-9H2,1-7H3. The van der Waals surface area contributed by atoms with Crippen molar-refractivity contribution in [2.45, 2.75) is 60.5 Å². The zero-order valence-corrected chi connectivity index (χ0v) is 17.5. The van der Waals surface area contributed by atoms with Gasteiger partial charge in [0.15, 0.2) is 0 Å². The lowest BCUT2D eigenvalue weighted by molar-refractivity contribution is 0.0976. The Balaban J connectivity index is 2.57. The van der Waals surface area contributed by atoms with Crippen LogP contribution in [0.3, 0.4) is 0 Å². The van der Waals surface area contributed by atoms with Crippen molar-refractivity contribution in [2.24, 2.45) is 11.8 Å². The van der Waals surface area contributed by atoms with Gasteiger partial charge in [-0.15, -0.1) is 0 Å². The molecule has 1 aromatic carbocycles. The Morgan fingerprint density at radius 2 is 1.59 bits per heavy atom. The Kier molecular flexibility index (Phi) is 7.17. The molecule has 0 amide bonds. The fourth-order valence-corrected chi connectivity index (χ4v) is 3.31. The third-order valence-corrected chi connectivity index (χ3v) is 4.65. The number of methoxy groups -OCH3 is 1. The normalized spacial score (nSPS) is 11.5. The van der Waals surface area contributed by atoms with Crippen LogP contribution in [0, 0.1) is 17.7 Å². The summed E-state index contributed by atoms with van der Waals surface area (Å²) < 4.78 is 25.3. The predicted molar refractivity (Wildman–Crippen MR) is 107 cm³/mol. The summed E-state index contributed by atoms with van der Waals surface area (Å²) in [6, 6.07) is 4.49. The minimum atomic E-state index is -0.339. The molecule has 0 unspecified atom stereocenters. The summed E-state index contributed by atoms with van der Waals surface area (Å²) in [5.74, 6) is 1.47. The van der Waals surface area contributed by atoms with Crippen molar-refractivity contribution in [3.05, 3.63) is 35.4 Å². The first-order valence-electron chi connectivity index (χ1n) is 9.72. The quantitative estimate of drug-likeness (QED) is 0.614. The van der Waals surface area contributed by atoms with Gasteiger partial charge in [0.2, 0.25) is 5.88 Å². The second-order valence-electron chi connectivity index (χ2n) is 7.39. The van der Waals surface area contributed by atoms with Crippen LogP contribution in [0.25, 0.3) is 11.3 Å². The summed E-state index contributed by atoms with van der Waals surface area (Å²) in [6.45, 7) is 12.7. The Bertz CT molecular complexity index is 767. The van der Waals surface area contributed by atoms with E-state index >= 15 is 0 Å². The van der Waals surface area contributed by atoms with E-state index in [0.29, 0.717) is 36.3 Å². The molecule has 0 saturated heterocycles. The number of hydrogen-bond donors (Lipinski definition) is 0. The molecule has 148 valence electrons. The van der Waals surface area contributed by atoms with Crippen LogP contribution in [0.4, 0.5) is 4.39 Å². The Morgan fingerprint density at radius 3 is 2.11 bits per heavy atom. The number of aromatic nitrogens is 2. The molecule has 0 saturated carbocycles. The lowest BCUT2D eigenvalue weighted by Crippen LogP contribution is -2.30. The Labute approximate surface area is 162 Å². The number of hydrogen-bond acceptors (Lipinski definition) is 4. The van der Waals surface area contributed by atoms with Crippen LogP contribution in [0.5, 0.6) is 11.6 Å². The van der Waals surface area contributed by atoms with Gasteiger partial charge in [0.1, 0.15) is 23.4 Å². The fourth-order valence-electron chi connectivity index (χ4n) is 3.31. The van der Waals surface area contributed by atoms with E-state index in [1.807, 2.05) is 13.8 Å². The van der Waals surface area contributed by atoms with Gasteiger partial charge in [-0.2, -0.15) is 0 Å². The average molecular weight is 375 g/mol. The first-order valence-corrected chi connectivity index (χ1v) is 9.72.